The second-order valence-corrected chi connectivity index (χ2v) is 8.74. The van der Waals surface area contributed by atoms with E-state index in [1.54, 1.807) is 12.0 Å². The van der Waals surface area contributed by atoms with E-state index in [2.05, 4.69) is 5.32 Å². The largest absolute Gasteiger partial charge is 0.444 e. The molecule has 22 heavy (non-hydrogen) atoms. The highest BCUT2D eigenvalue weighted by Crippen LogP contribution is 2.12. The van der Waals surface area contributed by atoms with Gasteiger partial charge in [-0.05, 0) is 27.2 Å². The number of methoxy groups -OCH3 is 1. The van der Waals surface area contributed by atoms with Gasteiger partial charge >= 0.3 is 6.09 Å². The van der Waals surface area contributed by atoms with E-state index in [0.717, 1.165) is 0 Å². The lowest BCUT2D eigenvalue weighted by Gasteiger charge is -2.27. The Morgan fingerprint density at radius 1 is 1.32 bits per heavy atom. The van der Waals surface area contributed by atoms with E-state index < -0.39 is 15.4 Å². The second kappa shape index (κ2) is 8.12. The third-order valence-corrected chi connectivity index (χ3v) is 5.03. The highest BCUT2D eigenvalue weighted by molar-refractivity contribution is 7.91. The van der Waals surface area contributed by atoms with Crippen molar-refractivity contribution in [3.8, 4) is 0 Å². The number of rotatable bonds is 7. The van der Waals surface area contributed by atoms with Gasteiger partial charge in [0.1, 0.15) is 5.60 Å². The van der Waals surface area contributed by atoms with Crippen molar-refractivity contribution < 1.29 is 22.7 Å². The fraction of sp³-hybridized carbons (Fsp3) is 0.929. The molecule has 0 saturated carbocycles. The number of sulfone groups is 1. The molecule has 7 nitrogen and oxygen atoms in total. The minimum Gasteiger partial charge on any atom is -0.444 e. The molecule has 1 aliphatic rings. The first-order valence-electron chi connectivity index (χ1n) is 7.53. The zero-order chi connectivity index (χ0) is 16.8. The SMILES string of the molecule is COCCN(CCNC1CCS(=O)(=O)C1)C(=O)OC(C)(C)C. The standard InChI is InChI=1S/C14H28N2O5S/c1-14(2,3)21-13(17)16(8-9-20-4)7-6-15-12-5-10-22(18,19)11-12/h12,15H,5-11H2,1-4H3. The molecule has 1 aliphatic heterocycles. The zero-order valence-electron chi connectivity index (χ0n) is 13.9. The first kappa shape index (κ1) is 19.2. The maximum absolute atomic E-state index is 12.1. The summed E-state index contributed by atoms with van der Waals surface area (Å²) in [6.07, 6.45) is 0.248. The highest BCUT2D eigenvalue weighted by atomic mass is 32.2. The zero-order valence-corrected chi connectivity index (χ0v) is 14.7. The van der Waals surface area contributed by atoms with E-state index in [0.29, 0.717) is 32.7 Å². The molecule has 0 aliphatic carbocycles. The van der Waals surface area contributed by atoms with Crippen LogP contribution in [0.5, 0.6) is 0 Å². The molecule has 1 heterocycles. The maximum Gasteiger partial charge on any atom is 0.410 e. The van der Waals surface area contributed by atoms with Crippen LogP contribution < -0.4 is 5.32 Å². The van der Waals surface area contributed by atoms with Crippen LogP contribution in [-0.2, 0) is 19.3 Å². The Hall–Kier alpha value is -0.860. The number of ether oxygens (including phenoxy) is 2. The predicted molar refractivity (Wildman–Crippen MR) is 84.7 cm³/mol. The summed E-state index contributed by atoms with van der Waals surface area (Å²) in [4.78, 5) is 13.7. The molecule has 0 bridgehead atoms. The van der Waals surface area contributed by atoms with E-state index in [-0.39, 0.29) is 23.6 Å². The predicted octanol–water partition coefficient (Wildman–Crippen LogP) is 0.647. The Morgan fingerprint density at radius 3 is 2.50 bits per heavy atom. The summed E-state index contributed by atoms with van der Waals surface area (Å²) in [6.45, 7) is 7.31. The number of carbonyl (C=O) groups excluding carboxylic acids is 1. The van der Waals surface area contributed by atoms with Gasteiger partial charge in [-0.15, -0.1) is 0 Å². The van der Waals surface area contributed by atoms with Crippen molar-refractivity contribution in [3.63, 3.8) is 0 Å². The van der Waals surface area contributed by atoms with Crippen LogP contribution in [0.25, 0.3) is 0 Å². The molecule has 130 valence electrons. The van der Waals surface area contributed by atoms with E-state index >= 15 is 0 Å². The molecule has 0 radical (unpaired) electrons. The summed E-state index contributed by atoms with van der Waals surface area (Å²) in [6, 6.07) is -0.0205. The molecule has 8 heteroatoms. The lowest BCUT2D eigenvalue weighted by Crippen LogP contribution is -2.43. The van der Waals surface area contributed by atoms with E-state index in [1.165, 1.54) is 0 Å². The molecule has 0 aromatic carbocycles. The van der Waals surface area contributed by atoms with Crippen LogP contribution in [0.4, 0.5) is 4.79 Å². The summed E-state index contributed by atoms with van der Waals surface area (Å²) in [5.41, 5.74) is -0.546. The molecule has 1 unspecified atom stereocenters. The summed E-state index contributed by atoms with van der Waals surface area (Å²) < 4.78 is 33.2. The lowest BCUT2D eigenvalue weighted by molar-refractivity contribution is 0.0203. The van der Waals surface area contributed by atoms with Gasteiger partial charge in [0.25, 0.3) is 0 Å². The van der Waals surface area contributed by atoms with Crippen LogP contribution in [0.15, 0.2) is 0 Å². The summed E-state index contributed by atoms with van der Waals surface area (Å²) >= 11 is 0. The number of hydrogen-bond donors (Lipinski definition) is 1. The van der Waals surface area contributed by atoms with Gasteiger partial charge in [0.2, 0.25) is 0 Å². The smallest absolute Gasteiger partial charge is 0.410 e. The van der Waals surface area contributed by atoms with Crippen molar-refractivity contribution >= 4 is 15.9 Å². The fourth-order valence-electron chi connectivity index (χ4n) is 2.18. The third kappa shape index (κ3) is 7.42. The average Bonchev–Trinajstić information content (AvgIpc) is 2.71. The Morgan fingerprint density at radius 2 is 2.00 bits per heavy atom. The first-order chi connectivity index (χ1) is 10.1. The Kier molecular flexibility index (Phi) is 7.08. The summed E-state index contributed by atoms with van der Waals surface area (Å²) in [5, 5.41) is 3.19. The minimum atomic E-state index is -2.89. The quantitative estimate of drug-likeness (QED) is 0.735. The third-order valence-electron chi connectivity index (χ3n) is 3.26. The second-order valence-electron chi connectivity index (χ2n) is 6.51. The maximum atomic E-state index is 12.1. The number of nitrogens with zero attached hydrogens (tertiary/aromatic N) is 1. The topological polar surface area (TPSA) is 84.9 Å². The Labute approximate surface area is 133 Å². The van der Waals surface area contributed by atoms with Gasteiger partial charge < -0.3 is 19.7 Å². The molecule has 1 atom stereocenters. The molecular weight excluding hydrogens is 308 g/mol. The van der Waals surface area contributed by atoms with Gasteiger partial charge in [0.05, 0.1) is 18.1 Å². The minimum absolute atomic E-state index is 0.0205. The van der Waals surface area contributed by atoms with Gasteiger partial charge in [-0.25, -0.2) is 13.2 Å². The molecule has 1 rings (SSSR count). The molecule has 1 saturated heterocycles. The molecule has 0 aromatic rings. The average molecular weight is 336 g/mol. The van der Waals surface area contributed by atoms with E-state index in [1.807, 2.05) is 20.8 Å². The van der Waals surface area contributed by atoms with Gasteiger partial charge in [-0.2, -0.15) is 0 Å². The number of amides is 1. The summed E-state index contributed by atoms with van der Waals surface area (Å²) in [5.74, 6) is 0.418. The van der Waals surface area contributed by atoms with Crippen molar-refractivity contribution in [3.05, 3.63) is 0 Å². The van der Waals surface area contributed by atoms with E-state index in [9.17, 15) is 13.2 Å². The van der Waals surface area contributed by atoms with Crippen molar-refractivity contribution in [1.82, 2.24) is 10.2 Å². The molecule has 0 spiro atoms. The first-order valence-corrected chi connectivity index (χ1v) is 9.36. The molecule has 1 N–H and O–H groups in total. The van der Waals surface area contributed by atoms with Gasteiger partial charge in [-0.3, -0.25) is 0 Å². The summed E-state index contributed by atoms with van der Waals surface area (Å²) in [7, 11) is -1.31. The van der Waals surface area contributed by atoms with Gasteiger partial charge in [0.15, 0.2) is 9.84 Å². The van der Waals surface area contributed by atoms with E-state index in [4.69, 9.17) is 9.47 Å². The Balaban J connectivity index is 2.42. The van der Waals surface area contributed by atoms with Crippen molar-refractivity contribution in [2.24, 2.45) is 0 Å². The monoisotopic (exact) mass is 336 g/mol. The van der Waals surface area contributed by atoms with Crippen LogP contribution in [0.3, 0.4) is 0 Å². The fourth-order valence-corrected chi connectivity index (χ4v) is 3.89. The highest BCUT2D eigenvalue weighted by Gasteiger charge is 2.28. The number of nitrogens with one attached hydrogen (secondary N) is 1. The van der Waals surface area contributed by atoms with Gasteiger partial charge in [-0.1, -0.05) is 0 Å². The molecule has 1 fully saturated rings. The van der Waals surface area contributed by atoms with Crippen LogP contribution in [-0.4, -0.2) is 75.9 Å². The van der Waals surface area contributed by atoms with Crippen molar-refractivity contribution in [1.29, 1.82) is 0 Å². The Bertz CT molecular complexity index is 458. The van der Waals surface area contributed by atoms with Crippen LogP contribution >= 0.6 is 0 Å². The van der Waals surface area contributed by atoms with Gasteiger partial charge in [0, 0.05) is 32.8 Å². The van der Waals surface area contributed by atoms with Crippen molar-refractivity contribution in [2.75, 3.05) is 44.9 Å². The van der Waals surface area contributed by atoms with Crippen molar-refractivity contribution in [2.45, 2.75) is 38.8 Å². The normalized spacial score (nSPS) is 20.8. The molecule has 0 aromatic heterocycles. The van der Waals surface area contributed by atoms with Crippen LogP contribution in [0.1, 0.15) is 27.2 Å². The van der Waals surface area contributed by atoms with Crippen LogP contribution in [0.2, 0.25) is 0 Å². The number of hydrogen-bond acceptors (Lipinski definition) is 6. The van der Waals surface area contributed by atoms with Crippen LogP contribution in [0, 0.1) is 0 Å². The molecule has 1 amide bonds. The molecular formula is C14H28N2O5S. The lowest BCUT2D eigenvalue weighted by atomic mass is 10.2. The number of carbonyl (C=O) groups is 1.